The summed E-state index contributed by atoms with van der Waals surface area (Å²) in [6, 6.07) is 20.9. The predicted octanol–water partition coefficient (Wildman–Crippen LogP) is 3.95. The third-order valence-electron chi connectivity index (χ3n) is 5.54. The summed E-state index contributed by atoms with van der Waals surface area (Å²) in [6.07, 6.45) is -4.52. The molecule has 0 fully saturated rings. The monoisotopic (exact) mass is 494 g/mol. The molecule has 36 heavy (non-hydrogen) atoms. The van der Waals surface area contributed by atoms with Crippen LogP contribution in [0.25, 0.3) is 5.69 Å². The molecular weight excluding hydrogens is 473 g/mol. The smallest absolute Gasteiger partial charge is 0.344 e. The van der Waals surface area contributed by atoms with Crippen LogP contribution in [0.2, 0.25) is 0 Å². The molecule has 1 heterocycles. The number of aromatic nitrogens is 3. The Hall–Kier alpha value is -4.47. The summed E-state index contributed by atoms with van der Waals surface area (Å²) in [6.45, 7) is 1.39. The van der Waals surface area contributed by atoms with Crippen LogP contribution < -0.4 is 16.6 Å². The first-order chi connectivity index (χ1) is 17.1. The number of nitrogens with zero attached hydrogens (tertiary/aromatic N) is 3. The van der Waals surface area contributed by atoms with Crippen LogP contribution in [0.4, 0.5) is 13.2 Å². The number of benzene rings is 3. The number of amides is 1. The topological polar surface area (TPSA) is 86.0 Å². The lowest BCUT2D eigenvalue weighted by Crippen LogP contribution is -2.46. The van der Waals surface area contributed by atoms with Gasteiger partial charge in [-0.2, -0.15) is 23.0 Å². The molecule has 0 spiro atoms. The highest BCUT2D eigenvalue weighted by Crippen LogP contribution is 2.29. The maximum Gasteiger partial charge on any atom is 0.416 e. The molecule has 3 aromatic carbocycles. The van der Waals surface area contributed by atoms with Crippen molar-refractivity contribution < 1.29 is 18.0 Å². The van der Waals surface area contributed by atoms with Crippen LogP contribution in [0.15, 0.2) is 94.5 Å². The average Bonchev–Trinajstić information content (AvgIpc) is 2.87. The lowest BCUT2D eigenvalue weighted by Gasteiger charge is -2.16. The third kappa shape index (κ3) is 5.27. The first-order valence-corrected chi connectivity index (χ1v) is 11.0. The molecule has 0 aliphatic heterocycles. The number of hydrogen-bond acceptors (Lipinski definition) is 4. The molecule has 0 aliphatic rings. The first-order valence-electron chi connectivity index (χ1n) is 11.0. The van der Waals surface area contributed by atoms with Gasteiger partial charge in [0.15, 0.2) is 0 Å². The van der Waals surface area contributed by atoms with Gasteiger partial charge in [-0.25, -0.2) is 4.79 Å². The van der Waals surface area contributed by atoms with E-state index in [-0.39, 0.29) is 12.1 Å². The standard InChI is InChI=1S/C26H21F3N4O3/c1-17(19-8-4-2-5-9-19)30-23(34)22-24(35)32(16-18-12-14-20(15-13-18)26(27,28)29)25(36)33(31-22)21-10-6-3-7-11-21/h2-15,17H,16H2,1H3,(H,30,34). The minimum Gasteiger partial charge on any atom is -0.344 e. The molecule has 1 atom stereocenters. The number of para-hydroxylation sites is 1. The second-order valence-electron chi connectivity index (χ2n) is 8.07. The van der Waals surface area contributed by atoms with Crippen molar-refractivity contribution in [2.75, 3.05) is 0 Å². The molecule has 184 valence electrons. The van der Waals surface area contributed by atoms with Crippen molar-refractivity contribution in [1.82, 2.24) is 19.7 Å². The fourth-order valence-corrected chi connectivity index (χ4v) is 3.61. The Morgan fingerprint density at radius 1 is 0.917 bits per heavy atom. The maximum atomic E-state index is 13.2. The molecule has 1 aromatic heterocycles. The van der Waals surface area contributed by atoms with Gasteiger partial charge in [-0.15, -0.1) is 0 Å². The molecule has 4 aromatic rings. The fraction of sp³-hybridized carbons (Fsp3) is 0.154. The first kappa shape index (κ1) is 24.6. The number of nitrogens with one attached hydrogen (secondary N) is 1. The Bertz CT molecular complexity index is 1480. The molecule has 0 saturated heterocycles. The van der Waals surface area contributed by atoms with Crippen molar-refractivity contribution in [3.8, 4) is 5.69 Å². The zero-order chi connectivity index (χ0) is 25.9. The number of alkyl halides is 3. The number of halogens is 3. The van der Waals surface area contributed by atoms with Gasteiger partial charge in [0, 0.05) is 0 Å². The summed E-state index contributed by atoms with van der Waals surface area (Å²) >= 11 is 0. The number of carbonyl (C=O) groups is 1. The van der Waals surface area contributed by atoms with Crippen molar-refractivity contribution in [3.63, 3.8) is 0 Å². The van der Waals surface area contributed by atoms with E-state index in [1.54, 1.807) is 37.3 Å². The molecule has 4 rings (SSSR count). The van der Waals surface area contributed by atoms with E-state index in [0.29, 0.717) is 5.69 Å². The molecule has 0 saturated carbocycles. The zero-order valence-electron chi connectivity index (χ0n) is 19.1. The number of carbonyl (C=O) groups excluding carboxylic acids is 1. The maximum absolute atomic E-state index is 13.2. The number of rotatable bonds is 6. The molecule has 7 nitrogen and oxygen atoms in total. The second-order valence-corrected chi connectivity index (χ2v) is 8.07. The van der Waals surface area contributed by atoms with Crippen LogP contribution >= 0.6 is 0 Å². The van der Waals surface area contributed by atoms with E-state index in [0.717, 1.165) is 26.9 Å². The van der Waals surface area contributed by atoms with E-state index >= 15 is 0 Å². The quantitative estimate of drug-likeness (QED) is 0.440. The predicted molar refractivity (Wildman–Crippen MR) is 127 cm³/mol. The second kappa shape index (κ2) is 10.0. The van der Waals surface area contributed by atoms with E-state index in [2.05, 4.69) is 10.4 Å². The summed E-state index contributed by atoms with van der Waals surface area (Å²) in [4.78, 5) is 39.5. The molecule has 0 aliphatic carbocycles. The molecule has 0 bridgehead atoms. The Morgan fingerprint density at radius 2 is 1.50 bits per heavy atom. The van der Waals surface area contributed by atoms with Gasteiger partial charge in [0.1, 0.15) is 0 Å². The molecule has 1 unspecified atom stereocenters. The van der Waals surface area contributed by atoms with Crippen LogP contribution in [-0.4, -0.2) is 20.3 Å². The summed E-state index contributed by atoms with van der Waals surface area (Å²) in [7, 11) is 0. The molecule has 1 amide bonds. The van der Waals surface area contributed by atoms with Gasteiger partial charge in [0.25, 0.3) is 11.5 Å². The highest BCUT2D eigenvalue weighted by molar-refractivity contribution is 5.92. The summed E-state index contributed by atoms with van der Waals surface area (Å²) in [5.41, 5.74) is -1.78. The molecule has 0 radical (unpaired) electrons. The summed E-state index contributed by atoms with van der Waals surface area (Å²) in [5.74, 6) is -0.790. The van der Waals surface area contributed by atoms with Gasteiger partial charge in [0.05, 0.1) is 23.8 Å². The van der Waals surface area contributed by atoms with Gasteiger partial charge in [-0.1, -0.05) is 60.7 Å². The van der Waals surface area contributed by atoms with E-state index < -0.39 is 40.6 Å². The van der Waals surface area contributed by atoms with Crippen molar-refractivity contribution in [3.05, 3.63) is 128 Å². The van der Waals surface area contributed by atoms with Gasteiger partial charge < -0.3 is 5.32 Å². The van der Waals surface area contributed by atoms with Crippen LogP contribution in [0.1, 0.15) is 40.1 Å². The Kier molecular flexibility index (Phi) is 6.86. The zero-order valence-corrected chi connectivity index (χ0v) is 19.1. The molecule has 1 N–H and O–H groups in total. The lowest BCUT2D eigenvalue weighted by molar-refractivity contribution is -0.137. The Labute approximate surface area is 203 Å². The average molecular weight is 494 g/mol. The van der Waals surface area contributed by atoms with Crippen molar-refractivity contribution in [1.29, 1.82) is 0 Å². The van der Waals surface area contributed by atoms with Gasteiger partial charge in [0.2, 0.25) is 5.69 Å². The van der Waals surface area contributed by atoms with Crippen LogP contribution in [-0.2, 0) is 12.7 Å². The van der Waals surface area contributed by atoms with Gasteiger partial charge in [-0.05, 0) is 42.3 Å². The van der Waals surface area contributed by atoms with E-state index in [9.17, 15) is 27.6 Å². The van der Waals surface area contributed by atoms with E-state index in [4.69, 9.17) is 0 Å². The third-order valence-corrected chi connectivity index (χ3v) is 5.54. The molecular formula is C26H21F3N4O3. The van der Waals surface area contributed by atoms with E-state index in [1.165, 1.54) is 12.1 Å². The normalized spacial score (nSPS) is 12.2. The Morgan fingerprint density at radius 3 is 2.08 bits per heavy atom. The summed E-state index contributed by atoms with van der Waals surface area (Å²) < 4.78 is 40.5. The molecule has 10 heteroatoms. The number of hydrogen-bond donors (Lipinski definition) is 1. The highest BCUT2D eigenvalue weighted by Gasteiger charge is 2.30. The van der Waals surface area contributed by atoms with Crippen molar-refractivity contribution in [2.45, 2.75) is 25.7 Å². The van der Waals surface area contributed by atoms with Crippen molar-refractivity contribution in [2.24, 2.45) is 0 Å². The minimum atomic E-state index is -4.52. The van der Waals surface area contributed by atoms with Gasteiger partial charge in [-0.3, -0.25) is 14.2 Å². The minimum absolute atomic E-state index is 0.275. The fourth-order valence-electron chi connectivity index (χ4n) is 3.61. The van der Waals surface area contributed by atoms with Crippen LogP contribution in [0.3, 0.4) is 0 Å². The van der Waals surface area contributed by atoms with Crippen LogP contribution in [0, 0.1) is 0 Å². The largest absolute Gasteiger partial charge is 0.416 e. The highest BCUT2D eigenvalue weighted by atomic mass is 19.4. The lowest BCUT2D eigenvalue weighted by atomic mass is 10.1. The van der Waals surface area contributed by atoms with Crippen molar-refractivity contribution >= 4 is 5.91 Å². The Balaban J connectivity index is 1.76. The SMILES string of the molecule is CC(NC(=O)c1nn(-c2ccccc2)c(=O)n(Cc2ccc(C(F)(F)F)cc2)c1=O)c1ccccc1. The van der Waals surface area contributed by atoms with E-state index in [1.807, 2.05) is 30.3 Å². The summed E-state index contributed by atoms with van der Waals surface area (Å²) in [5, 5.41) is 6.76. The van der Waals surface area contributed by atoms with Crippen LogP contribution in [0.5, 0.6) is 0 Å². The van der Waals surface area contributed by atoms with Gasteiger partial charge >= 0.3 is 11.9 Å².